The fourth-order valence-corrected chi connectivity index (χ4v) is 4.47. The number of nitrogens with one attached hydrogen (secondary N) is 2. The SMILES string of the molecule is CNC(=O)c1ccc2c(C)cn(C(C)C(=O)Nc3cc(COc4ccncc4)ccc3CCCC(=O)O)c2c1. The summed E-state index contributed by atoms with van der Waals surface area (Å²) in [7, 11) is 1.58. The van der Waals surface area contributed by atoms with E-state index in [0.29, 0.717) is 36.4 Å². The number of carboxylic acids is 1. The molecule has 0 radical (unpaired) electrons. The van der Waals surface area contributed by atoms with Crippen molar-refractivity contribution in [1.82, 2.24) is 14.9 Å². The molecule has 1 unspecified atom stereocenters. The van der Waals surface area contributed by atoms with Crippen LogP contribution < -0.4 is 15.4 Å². The molecular formula is C30H32N4O5. The maximum absolute atomic E-state index is 13.5. The maximum atomic E-state index is 13.5. The van der Waals surface area contributed by atoms with E-state index in [-0.39, 0.29) is 18.2 Å². The highest BCUT2D eigenvalue weighted by atomic mass is 16.5. The van der Waals surface area contributed by atoms with E-state index in [1.54, 1.807) is 50.6 Å². The second kappa shape index (κ2) is 12.3. The predicted molar refractivity (Wildman–Crippen MR) is 149 cm³/mol. The monoisotopic (exact) mass is 528 g/mol. The number of carbonyl (C=O) groups is 3. The van der Waals surface area contributed by atoms with Gasteiger partial charge in [-0.05, 0) is 73.7 Å². The number of aromatic nitrogens is 2. The number of fused-ring (bicyclic) bond motifs is 1. The molecule has 1 atom stereocenters. The topological polar surface area (TPSA) is 123 Å². The van der Waals surface area contributed by atoms with E-state index in [1.807, 2.05) is 42.0 Å². The molecule has 0 bridgehead atoms. The molecule has 0 aliphatic carbocycles. The van der Waals surface area contributed by atoms with Gasteiger partial charge >= 0.3 is 5.97 Å². The number of benzene rings is 2. The van der Waals surface area contributed by atoms with Crippen LogP contribution in [0, 0.1) is 6.92 Å². The van der Waals surface area contributed by atoms with E-state index in [2.05, 4.69) is 15.6 Å². The first-order chi connectivity index (χ1) is 18.8. The number of rotatable bonds is 11. The third-order valence-corrected chi connectivity index (χ3v) is 6.64. The standard InChI is InChI=1S/C30H32N4O5/c1-19-17-34(27-16-23(30(38)31-3)9-10-25(19)27)20(2)29(37)33-26-15-21(18-39-24-11-13-32-14-12-24)7-8-22(26)5-4-6-28(35)36/h7-17,20H,4-6,18H2,1-3H3,(H,31,38)(H,33,37)(H,35,36). The van der Waals surface area contributed by atoms with Gasteiger partial charge in [0.1, 0.15) is 18.4 Å². The lowest BCUT2D eigenvalue weighted by Crippen LogP contribution is -2.24. The Kier molecular flexibility index (Phi) is 8.60. The summed E-state index contributed by atoms with van der Waals surface area (Å²) in [5.74, 6) is -0.608. The molecule has 0 aliphatic rings. The van der Waals surface area contributed by atoms with E-state index in [1.165, 1.54) is 0 Å². The average Bonchev–Trinajstić information content (AvgIpc) is 3.27. The lowest BCUT2D eigenvalue weighted by molar-refractivity contribution is -0.137. The molecule has 0 saturated heterocycles. The van der Waals surface area contributed by atoms with Crippen LogP contribution in [0.1, 0.15) is 52.9 Å². The zero-order chi connectivity index (χ0) is 27.9. The maximum Gasteiger partial charge on any atom is 0.303 e. The fraction of sp³-hybridized carbons (Fsp3) is 0.267. The Morgan fingerprint density at radius 3 is 2.56 bits per heavy atom. The number of carbonyl (C=O) groups excluding carboxylic acids is 2. The lowest BCUT2D eigenvalue weighted by Gasteiger charge is -2.18. The molecule has 9 nitrogen and oxygen atoms in total. The number of aliphatic carboxylic acids is 1. The van der Waals surface area contributed by atoms with Crippen molar-refractivity contribution >= 4 is 34.4 Å². The minimum atomic E-state index is -0.859. The number of carboxylic acid groups (broad SMARTS) is 1. The van der Waals surface area contributed by atoms with Crippen molar-refractivity contribution in [1.29, 1.82) is 0 Å². The summed E-state index contributed by atoms with van der Waals surface area (Å²) in [5, 5.41) is 15.7. The molecule has 0 spiro atoms. The summed E-state index contributed by atoms with van der Waals surface area (Å²) < 4.78 is 7.71. The highest BCUT2D eigenvalue weighted by molar-refractivity contribution is 6.00. The predicted octanol–water partition coefficient (Wildman–Crippen LogP) is 4.89. The van der Waals surface area contributed by atoms with Crippen molar-refractivity contribution in [2.24, 2.45) is 0 Å². The van der Waals surface area contributed by atoms with Crippen LogP contribution in [0.3, 0.4) is 0 Å². The van der Waals surface area contributed by atoms with Gasteiger partial charge < -0.3 is 25.0 Å². The van der Waals surface area contributed by atoms with Gasteiger partial charge in [-0.2, -0.15) is 0 Å². The number of pyridine rings is 1. The van der Waals surface area contributed by atoms with E-state index < -0.39 is 12.0 Å². The van der Waals surface area contributed by atoms with E-state index in [9.17, 15) is 14.4 Å². The molecule has 4 rings (SSSR count). The quantitative estimate of drug-likeness (QED) is 0.255. The molecule has 0 aliphatic heterocycles. The van der Waals surface area contributed by atoms with Crippen LogP contribution in [0.4, 0.5) is 5.69 Å². The third-order valence-electron chi connectivity index (χ3n) is 6.64. The van der Waals surface area contributed by atoms with Gasteiger partial charge in [0.05, 0.1) is 0 Å². The average molecular weight is 529 g/mol. The molecule has 4 aromatic rings. The minimum Gasteiger partial charge on any atom is -0.489 e. The van der Waals surface area contributed by atoms with Crippen LogP contribution in [0.2, 0.25) is 0 Å². The summed E-state index contributed by atoms with van der Waals surface area (Å²) in [6.45, 7) is 4.07. The largest absolute Gasteiger partial charge is 0.489 e. The van der Waals surface area contributed by atoms with Crippen LogP contribution in [0.5, 0.6) is 5.75 Å². The molecule has 202 valence electrons. The number of hydrogen-bond donors (Lipinski definition) is 3. The molecule has 0 fully saturated rings. The third kappa shape index (κ3) is 6.62. The van der Waals surface area contributed by atoms with Gasteiger partial charge in [-0.15, -0.1) is 0 Å². The van der Waals surface area contributed by atoms with E-state index in [4.69, 9.17) is 9.84 Å². The van der Waals surface area contributed by atoms with Crippen LogP contribution in [-0.2, 0) is 22.6 Å². The zero-order valence-electron chi connectivity index (χ0n) is 22.2. The van der Waals surface area contributed by atoms with Crippen molar-refractivity contribution in [3.05, 3.63) is 89.4 Å². The van der Waals surface area contributed by atoms with Crippen LogP contribution >= 0.6 is 0 Å². The molecule has 3 N–H and O–H groups in total. The molecule has 0 saturated carbocycles. The summed E-state index contributed by atoms with van der Waals surface area (Å²) >= 11 is 0. The zero-order valence-corrected chi connectivity index (χ0v) is 22.2. The molecular weight excluding hydrogens is 496 g/mol. The summed E-state index contributed by atoms with van der Waals surface area (Å²) in [5.41, 5.74) is 4.62. The number of aryl methyl sites for hydroxylation is 2. The number of hydrogen-bond acceptors (Lipinski definition) is 5. The van der Waals surface area contributed by atoms with Crippen molar-refractivity contribution in [3.63, 3.8) is 0 Å². The Hall–Kier alpha value is -4.66. The van der Waals surface area contributed by atoms with Gasteiger partial charge in [0.2, 0.25) is 5.91 Å². The lowest BCUT2D eigenvalue weighted by atomic mass is 10.0. The second-order valence-corrected chi connectivity index (χ2v) is 9.41. The van der Waals surface area contributed by atoms with Gasteiger partial charge in [0.25, 0.3) is 5.91 Å². The van der Waals surface area contributed by atoms with Gasteiger partial charge in [-0.3, -0.25) is 19.4 Å². The highest BCUT2D eigenvalue weighted by Crippen LogP contribution is 2.28. The Morgan fingerprint density at radius 1 is 1.08 bits per heavy atom. The van der Waals surface area contributed by atoms with Crippen LogP contribution in [-0.4, -0.2) is 39.5 Å². The molecule has 2 heterocycles. The fourth-order valence-electron chi connectivity index (χ4n) is 4.47. The smallest absolute Gasteiger partial charge is 0.303 e. The number of ether oxygens (including phenoxy) is 1. The molecule has 2 aromatic carbocycles. The molecule has 2 aromatic heterocycles. The van der Waals surface area contributed by atoms with Crippen LogP contribution in [0.25, 0.3) is 10.9 Å². The summed E-state index contributed by atoms with van der Waals surface area (Å²) in [6, 6.07) is 14.1. The molecule has 9 heteroatoms. The Balaban J connectivity index is 1.59. The number of nitrogens with zero attached hydrogens (tertiary/aromatic N) is 2. The van der Waals surface area contributed by atoms with Crippen molar-refractivity contribution in [3.8, 4) is 5.75 Å². The Labute approximate surface area is 226 Å². The van der Waals surface area contributed by atoms with Gasteiger partial charge in [0, 0.05) is 54.2 Å². The highest BCUT2D eigenvalue weighted by Gasteiger charge is 2.20. The Morgan fingerprint density at radius 2 is 1.85 bits per heavy atom. The molecule has 2 amide bonds. The molecule has 39 heavy (non-hydrogen) atoms. The van der Waals surface area contributed by atoms with Gasteiger partial charge in [-0.25, -0.2) is 0 Å². The summed E-state index contributed by atoms with van der Waals surface area (Å²) in [6.07, 6.45) is 6.21. The Bertz CT molecular complexity index is 1500. The summed E-state index contributed by atoms with van der Waals surface area (Å²) in [4.78, 5) is 40.8. The van der Waals surface area contributed by atoms with Crippen molar-refractivity contribution in [2.45, 2.75) is 45.8 Å². The first-order valence-corrected chi connectivity index (χ1v) is 12.8. The van der Waals surface area contributed by atoms with E-state index in [0.717, 1.165) is 27.6 Å². The van der Waals surface area contributed by atoms with E-state index >= 15 is 0 Å². The number of amides is 2. The van der Waals surface area contributed by atoms with Gasteiger partial charge in [-0.1, -0.05) is 18.2 Å². The van der Waals surface area contributed by atoms with Crippen LogP contribution in [0.15, 0.2) is 67.1 Å². The minimum absolute atomic E-state index is 0.0407. The van der Waals surface area contributed by atoms with Crippen molar-refractivity contribution in [2.75, 3.05) is 12.4 Å². The normalized spacial score (nSPS) is 11.7. The number of anilines is 1. The van der Waals surface area contributed by atoms with Gasteiger partial charge in [0.15, 0.2) is 0 Å². The first kappa shape index (κ1) is 27.4. The van der Waals surface area contributed by atoms with Crippen molar-refractivity contribution < 1.29 is 24.2 Å². The second-order valence-electron chi connectivity index (χ2n) is 9.41. The first-order valence-electron chi connectivity index (χ1n) is 12.8.